The van der Waals surface area contributed by atoms with E-state index in [0.29, 0.717) is 13.2 Å². The van der Waals surface area contributed by atoms with Crippen molar-refractivity contribution in [1.82, 2.24) is 0 Å². The fourth-order valence-corrected chi connectivity index (χ4v) is 2.39. The summed E-state index contributed by atoms with van der Waals surface area (Å²) < 4.78 is 17.4. The number of rotatable bonds is 2. The molecular formula is C14H20BNO6. The maximum Gasteiger partial charge on any atom is 0.499 e. The molecule has 8 heteroatoms. The van der Waals surface area contributed by atoms with E-state index in [1.165, 1.54) is 0 Å². The SMILES string of the molecule is CC(=O)O.CC1(CO)COc2cccc3c2B(OC3CN)O1. The van der Waals surface area contributed by atoms with Gasteiger partial charge in [-0.05, 0) is 18.6 Å². The van der Waals surface area contributed by atoms with Crippen LogP contribution in [0.4, 0.5) is 0 Å². The van der Waals surface area contributed by atoms with Crippen molar-refractivity contribution in [3.63, 3.8) is 0 Å². The van der Waals surface area contributed by atoms with Gasteiger partial charge in [-0.3, -0.25) is 4.79 Å². The molecule has 22 heavy (non-hydrogen) atoms. The third kappa shape index (κ3) is 3.41. The molecule has 2 aliphatic heterocycles. The summed E-state index contributed by atoms with van der Waals surface area (Å²) in [6.07, 6.45) is -0.172. The summed E-state index contributed by atoms with van der Waals surface area (Å²) in [7, 11) is -0.510. The fourth-order valence-electron chi connectivity index (χ4n) is 2.39. The van der Waals surface area contributed by atoms with Gasteiger partial charge in [0, 0.05) is 18.9 Å². The van der Waals surface area contributed by atoms with Gasteiger partial charge >= 0.3 is 7.12 Å². The minimum atomic E-state index is -0.833. The molecule has 1 aromatic rings. The Labute approximate surface area is 129 Å². The maximum atomic E-state index is 9.42. The number of aliphatic hydroxyl groups is 1. The summed E-state index contributed by atoms with van der Waals surface area (Å²) >= 11 is 0. The zero-order chi connectivity index (χ0) is 16.3. The second-order valence-electron chi connectivity index (χ2n) is 5.48. The Bertz CT molecular complexity index is 550. The molecule has 2 unspecified atom stereocenters. The summed E-state index contributed by atoms with van der Waals surface area (Å²) in [5, 5.41) is 16.8. The number of benzene rings is 1. The number of aliphatic carboxylic acids is 1. The van der Waals surface area contributed by atoms with E-state index in [1.807, 2.05) is 18.2 Å². The van der Waals surface area contributed by atoms with Crippen LogP contribution < -0.4 is 15.9 Å². The molecule has 0 aromatic heterocycles. The molecule has 4 N–H and O–H groups in total. The molecule has 0 spiro atoms. The largest absolute Gasteiger partial charge is 0.499 e. The van der Waals surface area contributed by atoms with E-state index >= 15 is 0 Å². The van der Waals surface area contributed by atoms with Gasteiger partial charge in [-0.1, -0.05) is 12.1 Å². The molecule has 0 aliphatic carbocycles. The fraction of sp³-hybridized carbons (Fsp3) is 0.500. The first-order chi connectivity index (χ1) is 10.4. The van der Waals surface area contributed by atoms with Crippen molar-refractivity contribution in [2.45, 2.75) is 25.6 Å². The van der Waals surface area contributed by atoms with Gasteiger partial charge in [0.1, 0.15) is 18.0 Å². The predicted molar refractivity (Wildman–Crippen MR) is 80.1 cm³/mol. The Morgan fingerprint density at radius 1 is 1.55 bits per heavy atom. The van der Waals surface area contributed by atoms with Crippen molar-refractivity contribution in [2.24, 2.45) is 5.73 Å². The highest BCUT2D eigenvalue weighted by Crippen LogP contribution is 2.32. The lowest BCUT2D eigenvalue weighted by molar-refractivity contribution is -0.134. The maximum absolute atomic E-state index is 9.42. The summed E-state index contributed by atoms with van der Waals surface area (Å²) in [5.41, 5.74) is 6.87. The molecule has 0 fully saturated rings. The second kappa shape index (κ2) is 6.66. The van der Waals surface area contributed by atoms with E-state index in [1.54, 1.807) is 6.92 Å². The molecule has 0 saturated carbocycles. The van der Waals surface area contributed by atoms with Crippen LogP contribution >= 0.6 is 0 Å². The Balaban J connectivity index is 0.000000396. The van der Waals surface area contributed by atoms with E-state index < -0.39 is 18.7 Å². The minimum Gasteiger partial charge on any atom is -0.491 e. The van der Waals surface area contributed by atoms with Crippen molar-refractivity contribution in [2.75, 3.05) is 19.8 Å². The number of hydrogen-bond donors (Lipinski definition) is 3. The van der Waals surface area contributed by atoms with Gasteiger partial charge in [-0.25, -0.2) is 0 Å². The summed E-state index contributed by atoms with van der Waals surface area (Å²) in [6.45, 7) is 3.46. The number of hydrogen-bond acceptors (Lipinski definition) is 6. The quantitative estimate of drug-likeness (QED) is 0.641. The van der Waals surface area contributed by atoms with Gasteiger partial charge in [-0.15, -0.1) is 0 Å². The van der Waals surface area contributed by atoms with Gasteiger partial charge in [0.15, 0.2) is 0 Å². The van der Waals surface area contributed by atoms with Crippen LogP contribution in [0.3, 0.4) is 0 Å². The van der Waals surface area contributed by atoms with Crippen LogP contribution in [0.15, 0.2) is 18.2 Å². The van der Waals surface area contributed by atoms with Crippen LogP contribution in [-0.4, -0.2) is 48.7 Å². The molecule has 0 bridgehead atoms. The summed E-state index contributed by atoms with van der Waals surface area (Å²) in [6, 6.07) is 5.79. The van der Waals surface area contributed by atoms with Crippen LogP contribution in [0.1, 0.15) is 25.5 Å². The highest BCUT2D eigenvalue weighted by molar-refractivity contribution is 6.64. The summed E-state index contributed by atoms with van der Waals surface area (Å²) in [5.74, 6) is -0.0781. The number of carboxylic acids is 1. The smallest absolute Gasteiger partial charge is 0.491 e. The molecule has 0 amide bonds. The monoisotopic (exact) mass is 309 g/mol. The van der Waals surface area contributed by atoms with Crippen molar-refractivity contribution in [3.05, 3.63) is 23.8 Å². The van der Waals surface area contributed by atoms with Gasteiger partial charge in [0.25, 0.3) is 5.97 Å². The molecule has 2 aliphatic rings. The first-order valence-electron chi connectivity index (χ1n) is 6.99. The Kier molecular flexibility index (Phi) is 5.07. The number of ether oxygens (including phenoxy) is 1. The third-order valence-electron chi connectivity index (χ3n) is 3.44. The molecule has 7 nitrogen and oxygen atoms in total. The first-order valence-corrected chi connectivity index (χ1v) is 6.99. The number of nitrogens with two attached hydrogens (primary N) is 1. The van der Waals surface area contributed by atoms with Crippen molar-refractivity contribution < 1.29 is 29.1 Å². The van der Waals surface area contributed by atoms with E-state index in [9.17, 15) is 5.11 Å². The van der Waals surface area contributed by atoms with Crippen LogP contribution in [0, 0.1) is 0 Å². The van der Waals surface area contributed by atoms with Crippen LogP contribution in [0.2, 0.25) is 0 Å². The van der Waals surface area contributed by atoms with E-state index in [-0.39, 0.29) is 12.7 Å². The Hall–Kier alpha value is -1.61. The Morgan fingerprint density at radius 3 is 2.82 bits per heavy atom. The van der Waals surface area contributed by atoms with Crippen LogP contribution in [-0.2, 0) is 14.1 Å². The topological polar surface area (TPSA) is 111 Å². The minimum absolute atomic E-state index is 0.122. The van der Waals surface area contributed by atoms with Crippen LogP contribution in [0.5, 0.6) is 5.75 Å². The highest BCUT2D eigenvalue weighted by Gasteiger charge is 2.46. The molecule has 120 valence electrons. The number of aliphatic hydroxyl groups excluding tert-OH is 1. The first kappa shape index (κ1) is 16.8. The standard InChI is InChI=1S/C12H16BNO4.C2H4O2/c1-12(6-15)7-16-9-4-2-3-8-10(5-14)17-13(18-12)11(8)9;1-2(3)4/h2-4,10,15H,5-7,14H2,1H3;1H3,(H,3,4). The summed E-state index contributed by atoms with van der Waals surface area (Å²) in [4.78, 5) is 9.00. The predicted octanol–water partition coefficient (Wildman–Crippen LogP) is -0.337. The van der Waals surface area contributed by atoms with Gasteiger partial charge in [0.2, 0.25) is 0 Å². The average Bonchev–Trinajstić information content (AvgIpc) is 2.75. The number of carboxylic acid groups (broad SMARTS) is 1. The van der Waals surface area contributed by atoms with Gasteiger partial charge in [0.05, 0.1) is 12.7 Å². The van der Waals surface area contributed by atoms with Crippen molar-refractivity contribution in [3.8, 4) is 5.75 Å². The van der Waals surface area contributed by atoms with E-state index in [0.717, 1.165) is 23.7 Å². The molecule has 1 aromatic carbocycles. The molecule has 2 heterocycles. The molecular weight excluding hydrogens is 289 g/mol. The number of carbonyl (C=O) groups is 1. The molecule has 3 rings (SSSR count). The molecule has 0 saturated heterocycles. The average molecular weight is 309 g/mol. The second-order valence-corrected chi connectivity index (χ2v) is 5.48. The van der Waals surface area contributed by atoms with Crippen molar-refractivity contribution >= 4 is 18.6 Å². The highest BCUT2D eigenvalue weighted by atomic mass is 16.6. The lowest BCUT2D eigenvalue weighted by Gasteiger charge is -2.27. The van der Waals surface area contributed by atoms with Crippen molar-refractivity contribution in [1.29, 1.82) is 0 Å². The van der Waals surface area contributed by atoms with Gasteiger partial charge in [-0.2, -0.15) is 0 Å². The van der Waals surface area contributed by atoms with E-state index in [2.05, 4.69) is 0 Å². The zero-order valence-electron chi connectivity index (χ0n) is 12.6. The van der Waals surface area contributed by atoms with Crippen LogP contribution in [0.25, 0.3) is 0 Å². The Morgan fingerprint density at radius 2 is 2.23 bits per heavy atom. The third-order valence-corrected chi connectivity index (χ3v) is 3.44. The van der Waals surface area contributed by atoms with Gasteiger partial charge < -0.3 is 30.0 Å². The lowest BCUT2D eigenvalue weighted by atomic mass is 9.77. The van der Waals surface area contributed by atoms with E-state index in [4.69, 9.17) is 29.7 Å². The molecule has 2 atom stereocenters. The normalized spacial score (nSPS) is 25.5. The zero-order valence-corrected chi connectivity index (χ0v) is 12.6. The lowest BCUT2D eigenvalue weighted by Crippen LogP contribution is -2.45. The molecule has 0 radical (unpaired) electrons.